The van der Waals surface area contributed by atoms with Crippen molar-refractivity contribution in [3.63, 3.8) is 0 Å². The van der Waals surface area contributed by atoms with Crippen LogP contribution in [-0.2, 0) is 4.79 Å². The summed E-state index contributed by atoms with van der Waals surface area (Å²) >= 11 is 0. The van der Waals surface area contributed by atoms with Gasteiger partial charge in [-0.05, 0) is 39.2 Å². The van der Waals surface area contributed by atoms with Gasteiger partial charge < -0.3 is 10.2 Å². The van der Waals surface area contributed by atoms with Crippen molar-refractivity contribution in [3.05, 3.63) is 0 Å². The normalized spacial score (nSPS) is 31.2. The molecule has 1 amide bonds. The van der Waals surface area contributed by atoms with Crippen LogP contribution in [-0.4, -0.2) is 37.0 Å². The SMILES string of the molecule is CN(C(=O)C1(C)CCCNC1)C1CCCCC1. The van der Waals surface area contributed by atoms with E-state index < -0.39 is 0 Å². The number of hydrogen-bond donors (Lipinski definition) is 1. The van der Waals surface area contributed by atoms with Crippen LogP contribution in [0.4, 0.5) is 0 Å². The Morgan fingerprint density at radius 3 is 2.53 bits per heavy atom. The van der Waals surface area contributed by atoms with E-state index in [0.717, 1.165) is 25.9 Å². The van der Waals surface area contributed by atoms with Crippen LogP contribution in [0.25, 0.3) is 0 Å². The van der Waals surface area contributed by atoms with E-state index in [-0.39, 0.29) is 5.41 Å². The lowest BCUT2D eigenvalue weighted by atomic mass is 9.80. The minimum atomic E-state index is -0.162. The number of piperidine rings is 1. The van der Waals surface area contributed by atoms with Crippen LogP contribution in [0, 0.1) is 5.41 Å². The highest BCUT2D eigenvalue weighted by atomic mass is 16.2. The van der Waals surface area contributed by atoms with Gasteiger partial charge in [-0.2, -0.15) is 0 Å². The van der Waals surface area contributed by atoms with Gasteiger partial charge in [0.2, 0.25) is 5.91 Å². The van der Waals surface area contributed by atoms with Gasteiger partial charge in [-0.1, -0.05) is 19.3 Å². The fourth-order valence-corrected chi connectivity index (χ4v) is 3.30. The van der Waals surface area contributed by atoms with E-state index in [9.17, 15) is 4.79 Å². The molecule has 0 radical (unpaired) electrons. The largest absolute Gasteiger partial charge is 0.342 e. The Hall–Kier alpha value is -0.570. The van der Waals surface area contributed by atoms with E-state index >= 15 is 0 Å². The molecule has 0 aromatic carbocycles. The van der Waals surface area contributed by atoms with Crippen molar-refractivity contribution in [3.8, 4) is 0 Å². The maximum atomic E-state index is 12.6. The van der Waals surface area contributed by atoms with Crippen LogP contribution in [0.2, 0.25) is 0 Å². The summed E-state index contributed by atoms with van der Waals surface area (Å²) in [5.41, 5.74) is -0.162. The summed E-state index contributed by atoms with van der Waals surface area (Å²) in [4.78, 5) is 14.7. The van der Waals surface area contributed by atoms with Crippen molar-refractivity contribution in [2.75, 3.05) is 20.1 Å². The zero-order chi connectivity index (χ0) is 12.3. The van der Waals surface area contributed by atoms with Crippen LogP contribution in [0.5, 0.6) is 0 Å². The topological polar surface area (TPSA) is 32.3 Å². The highest BCUT2D eigenvalue weighted by Crippen LogP contribution is 2.30. The van der Waals surface area contributed by atoms with E-state index in [1.165, 1.54) is 32.1 Å². The molecule has 1 atom stereocenters. The molecule has 0 aromatic heterocycles. The summed E-state index contributed by atoms with van der Waals surface area (Å²) in [6.07, 6.45) is 8.49. The van der Waals surface area contributed by atoms with E-state index in [0.29, 0.717) is 11.9 Å². The molecular weight excluding hydrogens is 212 g/mol. The van der Waals surface area contributed by atoms with Crippen molar-refractivity contribution in [2.45, 2.75) is 57.9 Å². The molecule has 3 heteroatoms. The third-order valence-corrected chi connectivity index (χ3v) is 4.56. The lowest BCUT2D eigenvalue weighted by Gasteiger charge is -2.40. The smallest absolute Gasteiger partial charge is 0.229 e. The predicted octanol–water partition coefficient (Wildman–Crippen LogP) is 2.17. The molecule has 2 aliphatic rings. The number of carbonyl (C=O) groups excluding carboxylic acids is 1. The zero-order valence-electron chi connectivity index (χ0n) is 11.3. The third-order valence-electron chi connectivity index (χ3n) is 4.56. The first-order valence-corrected chi connectivity index (χ1v) is 7.11. The zero-order valence-corrected chi connectivity index (χ0v) is 11.3. The van der Waals surface area contributed by atoms with Gasteiger partial charge in [0.25, 0.3) is 0 Å². The molecule has 98 valence electrons. The lowest BCUT2D eigenvalue weighted by molar-refractivity contribution is -0.143. The number of amides is 1. The Bertz CT molecular complexity index is 265. The second-order valence-electron chi connectivity index (χ2n) is 6.05. The van der Waals surface area contributed by atoms with Crippen molar-refractivity contribution < 1.29 is 4.79 Å². The Morgan fingerprint density at radius 1 is 1.24 bits per heavy atom. The second-order valence-corrected chi connectivity index (χ2v) is 6.05. The first-order chi connectivity index (χ1) is 8.13. The molecule has 2 rings (SSSR count). The van der Waals surface area contributed by atoms with E-state index in [1.807, 2.05) is 11.9 Å². The van der Waals surface area contributed by atoms with Gasteiger partial charge in [0.1, 0.15) is 0 Å². The first-order valence-electron chi connectivity index (χ1n) is 7.11. The molecule has 1 aliphatic carbocycles. The molecule has 0 aromatic rings. The Labute approximate surface area is 105 Å². The van der Waals surface area contributed by atoms with E-state index in [4.69, 9.17) is 0 Å². The minimum absolute atomic E-state index is 0.162. The second kappa shape index (κ2) is 5.38. The molecule has 1 saturated carbocycles. The molecule has 1 N–H and O–H groups in total. The minimum Gasteiger partial charge on any atom is -0.342 e. The molecule has 1 unspecified atom stereocenters. The monoisotopic (exact) mass is 238 g/mol. The summed E-state index contributed by atoms with van der Waals surface area (Å²) < 4.78 is 0. The Balaban J connectivity index is 1.97. The summed E-state index contributed by atoms with van der Waals surface area (Å²) in [6, 6.07) is 0.495. The summed E-state index contributed by atoms with van der Waals surface area (Å²) in [6.45, 7) is 4.04. The lowest BCUT2D eigenvalue weighted by Crippen LogP contribution is -2.52. The van der Waals surface area contributed by atoms with E-state index in [1.54, 1.807) is 0 Å². The summed E-state index contributed by atoms with van der Waals surface area (Å²) in [7, 11) is 2.01. The molecule has 0 bridgehead atoms. The third kappa shape index (κ3) is 2.82. The fraction of sp³-hybridized carbons (Fsp3) is 0.929. The number of rotatable bonds is 2. The average molecular weight is 238 g/mol. The van der Waals surface area contributed by atoms with Gasteiger partial charge in [-0.3, -0.25) is 4.79 Å². The van der Waals surface area contributed by atoms with Gasteiger partial charge in [0.05, 0.1) is 5.41 Å². The van der Waals surface area contributed by atoms with Gasteiger partial charge in [0, 0.05) is 19.6 Å². The van der Waals surface area contributed by atoms with Gasteiger partial charge in [-0.25, -0.2) is 0 Å². The maximum Gasteiger partial charge on any atom is 0.229 e. The molecule has 2 fully saturated rings. The quantitative estimate of drug-likeness (QED) is 0.799. The first kappa shape index (κ1) is 12.9. The Kier molecular flexibility index (Phi) is 4.08. The number of carbonyl (C=O) groups is 1. The maximum absolute atomic E-state index is 12.6. The van der Waals surface area contributed by atoms with Gasteiger partial charge in [0.15, 0.2) is 0 Å². The fourth-order valence-electron chi connectivity index (χ4n) is 3.30. The van der Waals surface area contributed by atoms with Crippen molar-refractivity contribution in [1.29, 1.82) is 0 Å². The van der Waals surface area contributed by atoms with E-state index in [2.05, 4.69) is 12.2 Å². The van der Waals surface area contributed by atoms with Crippen molar-refractivity contribution in [1.82, 2.24) is 10.2 Å². The highest BCUT2D eigenvalue weighted by Gasteiger charge is 2.38. The van der Waals surface area contributed by atoms with Crippen LogP contribution >= 0.6 is 0 Å². The van der Waals surface area contributed by atoms with Gasteiger partial charge >= 0.3 is 0 Å². The van der Waals surface area contributed by atoms with Crippen molar-refractivity contribution in [2.24, 2.45) is 5.41 Å². The standard InChI is InChI=1S/C14H26N2O/c1-14(9-6-10-15-11-14)13(17)16(2)12-7-4-3-5-8-12/h12,15H,3-11H2,1-2H3. The summed E-state index contributed by atoms with van der Waals surface area (Å²) in [5.74, 6) is 0.358. The van der Waals surface area contributed by atoms with Gasteiger partial charge in [-0.15, -0.1) is 0 Å². The molecule has 1 aliphatic heterocycles. The number of hydrogen-bond acceptors (Lipinski definition) is 2. The molecule has 0 spiro atoms. The highest BCUT2D eigenvalue weighted by molar-refractivity contribution is 5.82. The molecule has 1 saturated heterocycles. The number of nitrogens with one attached hydrogen (secondary N) is 1. The predicted molar refractivity (Wildman–Crippen MR) is 69.9 cm³/mol. The summed E-state index contributed by atoms with van der Waals surface area (Å²) in [5, 5.41) is 3.37. The molecule has 1 heterocycles. The van der Waals surface area contributed by atoms with Crippen LogP contribution in [0.15, 0.2) is 0 Å². The molecular formula is C14H26N2O. The average Bonchev–Trinajstić information content (AvgIpc) is 2.39. The molecule has 3 nitrogen and oxygen atoms in total. The Morgan fingerprint density at radius 2 is 1.94 bits per heavy atom. The van der Waals surface area contributed by atoms with Crippen LogP contribution < -0.4 is 5.32 Å². The molecule has 17 heavy (non-hydrogen) atoms. The number of nitrogens with zero attached hydrogens (tertiary/aromatic N) is 1. The van der Waals surface area contributed by atoms with Crippen LogP contribution in [0.1, 0.15) is 51.9 Å². The van der Waals surface area contributed by atoms with Crippen molar-refractivity contribution >= 4 is 5.91 Å². The van der Waals surface area contributed by atoms with Crippen LogP contribution in [0.3, 0.4) is 0 Å².